The van der Waals surface area contributed by atoms with Gasteiger partial charge in [0.25, 0.3) is 0 Å². The van der Waals surface area contributed by atoms with Gasteiger partial charge in [0.1, 0.15) is 10.6 Å². The molecule has 0 aliphatic carbocycles. The summed E-state index contributed by atoms with van der Waals surface area (Å²) in [6, 6.07) is 0. The molecule has 0 amide bonds. The molecular formula is C12H22N2OS. The molecule has 0 fully saturated rings. The van der Waals surface area contributed by atoms with Gasteiger partial charge < -0.3 is 10.1 Å². The number of aryl methyl sites for hydroxylation is 1. The largest absolute Gasteiger partial charge is 0.371 e. The van der Waals surface area contributed by atoms with Crippen molar-refractivity contribution < 1.29 is 4.74 Å². The van der Waals surface area contributed by atoms with E-state index < -0.39 is 0 Å². The van der Waals surface area contributed by atoms with Gasteiger partial charge >= 0.3 is 0 Å². The Balaban J connectivity index is 2.90. The van der Waals surface area contributed by atoms with Crippen LogP contribution in [-0.4, -0.2) is 18.6 Å². The van der Waals surface area contributed by atoms with Crippen molar-refractivity contribution in [1.29, 1.82) is 0 Å². The number of nitrogens with zero attached hydrogens (tertiary/aromatic N) is 1. The molecule has 1 rings (SSSR count). The zero-order valence-electron chi connectivity index (χ0n) is 10.9. The number of ether oxygens (including phenoxy) is 1. The normalized spacial score (nSPS) is 15.1. The molecule has 1 aromatic rings. The minimum Gasteiger partial charge on any atom is -0.371 e. The maximum atomic E-state index is 5.57. The molecule has 0 aliphatic heterocycles. The summed E-state index contributed by atoms with van der Waals surface area (Å²) < 4.78 is 5.57. The second-order valence-corrected chi connectivity index (χ2v) is 5.18. The summed E-state index contributed by atoms with van der Waals surface area (Å²) in [5.74, 6) is 0. The molecule has 0 aromatic carbocycles. The van der Waals surface area contributed by atoms with Crippen LogP contribution in [0.1, 0.15) is 42.8 Å². The van der Waals surface area contributed by atoms with E-state index in [1.807, 2.05) is 0 Å². The van der Waals surface area contributed by atoms with E-state index in [1.54, 1.807) is 18.4 Å². The van der Waals surface area contributed by atoms with E-state index in [2.05, 4.69) is 38.0 Å². The maximum absolute atomic E-state index is 5.57. The minimum atomic E-state index is -0.236. The number of nitrogens with one attached hydrogen (secondary N) is 1. The summed E-state index contributed by atoms with van der Waals surface area (Å²) in [5, 5.41) is 4.42. The summed E-state index contributed by atoms with van der Waals surface area (Å²) in [5.41, 5.74) is 0.887. The molecule has 1 atom stereocenters. The number of rotatable bonds is 6. The van der Waals surface area contributed by atoms with Crippen molar-refractivity contribution in [1.82, 2.24) is 10.3 Å². The third kappa shape index (κ3) is 2.81. The van der Waals surface area contributed by atoms with Gasteiger partial charge in [-0.1, -0.05) is 13.8 Å². The van der Waals surface area contributed by atoms with Gasteiger partial charge in [0.05, 0.1) is 5.69 Å². The van der Waals surface area contributed by atoms with E-state index in [1.165, 1.54) is 4.88 Å². The van der Waals surface area contributed by atoms with Crippen molar-refractivity contribution >= 4 is 11.3 Å². The fourth-order valence-electron chi connectivity index (χ4n) is 1.44. The summed E-state index contributed by atoms with van der Waals surface area (Å²) in [4.78, 5) is 5.94. The molecule has 92 valence electrons. The molecule has 1 unspecified atom stereocenters. The molecule has 0 radical (unpaired) electrons. The average molecular weight is 242 g/mol. The number of thiazole rings is 1. The van der Waals surface area contributed by atoms with Crippen LogP contribution in [0, 0.1) is 6.92 Å². The van der Waals surface area contributed by atoms with Crippen molar-refractivity contribution in [3.63, 3.8) is 0 Å². The lowest BCUT2D eigenvalue weighted by Crippen LogP contribution is -2.22. The van der Waals surface area contributed by atoms with Crippen LogP contribution in [0.2, 0.25) is 0 Å². The predicted octanol–water partition coefficient (Wildman–Crippen LogP) is 2.83. The summed E-state index contributed by atoms with van der Waals surface area (Å²) >= 11 is 1.76. The lowest BCUT2D eigenvalue weighted by Gasteiger charge is -2.23. The SMILES string of the molecule is CCNCc1sc(C(C)(CC)OC)nc1C. The van der Waals surface area contributed by atoms with Crippen LogP contribution < -0.4 is 5.32 Å². The number of hydrogen-bond acceptors (Lipinski definition) is 4. The molecule has 16 heavy (non-hydrogen) atoms. The molecule has 0 bridgehead atoms. The third-order valence-corrected chi connectivity index (χ3v) is 4.41. The Morgan fingerprint density at radius 2 is 2.12 bits per heavy atom. The molecule has 4 heteroatoms. The van der Waals surface area contributed by atoms with E-state index in [0.29, 0.717) is 0 Å². The van der Waals surface area contributed by atoms with Crippen molar-refractivity contribution in [2.45, 2.75) is 46.3 Å². The first-order valence-electron chi connectivity index (χ1n) is 5.80. The van der Waals surface area contributed by atoms with Crippen molar-refractivity contribution in [2.75, 3.05) is 13.7 Å². The summed E-state index contributed by atoms with van der Waals surface area (Å²) in [6.07, 6.45) is 0.942. The topological polar surface area (TPSA) is 34.1 Å². The Morgan fingerprint density at radius 3 is 2.62 bits per heavy atom. The molecular weight excluding hydrogens is 220 g/mol. The molecule has 0 saturated carbocycles. The highest BCUT2D eigenvalue weighted by atomic mass is 32.1. The van der Waals surface area contributed by atoms with Crippen LogP contribution in [0.4, 0.5) is 0 Å². The highest BCUT2D eigenvalue weighted by molar-refractivity contribution is 7.11. The van der Waals surface area contributed by atoms with Gasteiger partial charge in [-0.2, -0.15) is 0 Å². The Morgan fingerprint density at radius 1 is 1.44 bits per heavy atom. The molecule has 3 nitrogen and oxygen atoms in total. The van der Waals surface area contributed by atoms with Crippen LogP contribution in [0.15, 0.2) is 0 Å². The summed E-state index contributed by atoms with van der Waals surface area (Å²) in [6.45, 7) is 10.3. The zero-order valence-corrected chi connectivity index (χ0v) is 11.7. The summed E-state index contributed by atoms with van der Waals surface area (Å²) in [7, 11) is 1.75. The van der Waals surface area contributed by atoms with E-state index in [-0.39, 0.29) is 5.60 Å². The Kier molecular flexibility index (Phi) is 4.89. The van der Waals surface area contributed by atoms with Gasteiger partial charge in [-0.15, -0.1) is 11.3 Å². The molecule has 1 aromatic heterocycles. The highest BCUT2D eigenvalue weighted by Crippen LogP contribution is 2.33. The standard InChI is InChI=1S/C12H22N2OS/c1-6-12(4,15-5)11-14-9(3)10(16-11)8-13-7-2/h13H,6-8H2,1-5H3. The van der Waals surface area contributed by atoms with Crippen LogP contribution >= 0.6 is 11.3 Å². The Labute approximate surface area is 102 Å². The van der Waals surface area contributed by atoms with E-state index in [0.717, 1.165) is 30.2 Å². The highest BCUT2D eigenvalue weighted by Gasteiger charge is 2.28. The Bertz CT molecular complexity index is 332. The molecule has 0 aliphatic rings. The van der Waals surface area contributed by atoms with Gasteiger partial charge in [-0.3, -0.25) is 0 Å². The maximum Gasteiger partial charge on any atom is 0.125 e. The van der Waals surface area contributed by atoms with Gasteiger partial charge in [0, 0.05) is 18.5 Å². The Hall–Kier alpha value is -0.450. The second kappa shape index (κ2) is 5.75. The monoisotopic (exact) mass is 242 g/mol. The zero-order chi connectivity index (χ0) is 12.2. The first-order chi connectivity index (χ1) is 7.57. The minimum absolute atomic E-state index is 0.236. The molecule has 1 N–H and O–H groups in total. The molecule has 0 saturated heterocycles. The molecule has 0 spiro atoms. The molecule has 1 heterocycles. The quantitative estimate of drug-likeness (QED) is 0.833. The average Bonchev–Trinajstić information content (AvgIpc) is 2.67. The first-order valence-corrected chi connectivity index (χ1v) is 6.61. The van der Waals surface area contributed by atoms with Gasteiger partial charge in [0.2, 0.25) is 0 Å². The van der Waals surface area contributed by atoms with Crippen LogP contribution in [0.25, 0.3) is 0 Å². The van der Waals surface area contributed by atoms with E-state index >= 15 is 0 Å². The lowest BCUT2D eigenvalue weighted by atomic mass is 10.1. The first kappa shape index (κ1) is 13.6. The van der Waals surface area contributed by atoms with Crippen molar-refractivity contribution in [3.8, 4) is 0 Å². The van der Waals surface area contributed by atoms with Crippen LogP contribution in [0.3, 0.4) is 0 Å². The van der Waals surface area contributed by atoms with E-state index in [4.69, 9.17) is 4.74 Å². The predicted molar refractivity (Wildman–Crippen MR) is 68.9 cm³/mol. The van der Waals surface area contributed by atoms with Crippen molar-refractivity contribution in [2.24, 2.45) is 0 Å². The van der Waals surface area contributed by atoms with E-state index in [9.17, 15) is 0 Å². The van der Waals surface area contributed by atoms with Crippen LogP contribution in [-0.2, 0) is 16.9 Å². The fourth-order valence-corrected chi connectivity index (χ4v) is 2.67. The third-order valence-electron chi connectivity index (χ3n) is 3.01. The van der Waals surface area contributed by atoms with Gasteiger partial charge in [-0.25, -0.2) is 4.98 Å². The smallest absolute Gasteiger partial charge is 0.125 e. The fraction of sp³-hybridized carbons (Fsp3) is 0.750. The van der Waals surface area contributed by atoms with Crippen molar-refractivity contribution in [3.05, 3.63) is 15.6 Å². The van der Waals surface area contributed by atoms with Crippen LogP contribution in [0.5, 0.6) is 0 Å². The number of hydrogen-bond donors (Lipinski definition) is 1. The van der Waals surface area contributed by atoms with Gasteiger partial charge in [-0.05, 0) is 26.8 Å². The number of aromatic nitrogens is 1. The number of methoxy groups -OCH3 is 1. The lowest BCUT2D eigenvalue weighted by molar-refractivity contribution is -0.00163. The van der Waals surface area contributed by atoms with Gasteiger partial charge in [0.15, 0.2) is 0 Å². The second-order valence-electron chi connectivity index (χ2n) is 4.10.